The number of aryl methyl sites for hydroxylation is 1. The number of nitrogens with one attached hydrogen (secondary N) is 2. The Morgan fingerprint density at radius 1 is 1.30 bits per heavy atom. The van der Waals surface area contributed by atoms with E-state index in [4.69, 9.17) is 0 Å². The number of anilines is 1. The van der Waals surface area contributed by atoms with Gasteiger partial charge in [-0.3, -0.25) is 5.32 Å². The van der Waals surface area contributed by atoms with Gasteiger partial charge in [0.25, 0.3) is 0 Å². The average Bonchev–Trinajstić information content (AvgIpc) is 2.41. The van der Waals surface area contributed by atoms with E-state index >= 15 is 0 Å². The van der Waals surface area contributed by atoms with Crippen LogP contribution < -0.4 is 10.6 Å². The number of halogens is 1. The van der Waals surface area contributed by atoms with Crippen LogP contribution in [0.3, 0.4) is 0 Å². The largest absolute Gasteiger partial charge is 0.324 e. The maximum absolute atomic E-state index is 11.7. The second-order valence-corrected chi connectivity index (χ2v) is 5.06. The average molecular weight is 332 g/mol. The van der Waals surface area contributed by atoms with Crippen LogP contribution in [-0.2, 0) is 0 Å². The van der Waals surface area contributed by atoms with Gasteiger partial charge < -0.3 is 5.32 Å². The number of amides is 2. The molecule has 2 amide bonds. The molecular formula is C15H14BrN3O. The topological polar surface area (TPSA) is 54.0 Å². The lowest BCUT2D eigenvalue weighted by Gasteiger charge is -2.04. The number of aromatic nitrogens is 1. The fourth-order valence-electron chi connectivity index (χ4n) is 1.61. The van der Waals surface area contributed by atoms with Crippen molar-refractivity contribution >= 4 is 33.9 Å². The van der Waals surface area contributed by atoms with Gasteiger partial charge in [0, 0.05) is 16.9 Å². The van der Waals surface area contributed by atoms with E-state index in [0.717, 1.165) is 15.6 Å². The van der Waals surface area contributed by atoms with Crippen molar-refractivity contribution in [2.45, 2.75) is 6.92 Å². The van der Waals surface area contributed by atoms with Crippen molar-refractivity contribution < 1.29 is 4.79 Å². The molecule has 0 aliphatic carbocycles. The van der Waals surface area contributed by atoms with Crippen molar-refractivity contribution in [1.29, 1.82) is 0 Å². The molecule has 2 rings (SSSR count). The standard InChI is InChI=1S/C15H14BrN3O/c1-11-4-2-3-5-12(11)6-8-18-15(20)19-14-10-13(16)7-9-17-14/h2-10H,1H3,(H2,17,18,19,20)/b8-6+. The number of pyridine rings is 1. The zero-order valence-corrected chi connectivity index (χ0v) is 12.5. The lowest BCUT2D eigenvalue weighted by molar-refractivity contribution is 0.255. The molecule has 1 aromatic carbocycles. The molecule has 102 valence electrons. The molecule has 0 fully saturated rings. The number of carbonyl (C=O) groups is 1. The summed E-state index contributed by atoms with van der Waals surface area (Å²) in [5, 5.41) is 5.28. The first-order chi connectivity index (χ1) is 9.65. The Labute approximate surface area is 126 Å². The molecule has 0 aliphatic rings. The van der Waals surface area contributed by atoms with Crippen LogP contribution in [0, 0.1) is 6.92 Å². The number of hydrogen-bond acceptors (Lipinski definition) is 2. The maximum Gasteiger partial charge on any atom is 0.324 e. The summed E-state index contributed by atoms with van der Waals surface area (Å²) in [5.74, 6) is 0.487. The fourth-order valence-corrected chi connectivity index (χ4v) is 1.94. The lowest BCUT2D eigenvalue weighted by atomic mass is 10.1. The molecule has 0 spiro atoms. The number of hydrogen-bond donors (Lipinski definition) is 2. The number of nitrogens with zero attached hydrogens (tertiary/aromatic N) is 1. The number of rotatable bonds is 3. The molecule has 4 nitrogen and oxygen atoms in total. The molecule has 2 aromatic rings. The number of carbonyl (C=O) groups excluding carboxylic acids is 1. The highest BCUT2D eigenvalue weighted by atomic mass is 79.9. The summed E-state index contributed by atoms with van der Waals surface area (Å²) in [6, 6.07) is 11.1. The lowest BCUT2D eigenvalue weighted by Crippen LogP contribution is -2.24. The fraction of sp³-hybridized carbons (Fsp3) is 0.0667. The van der Waals surface area contributed by atoms with Crippen molar-refractivity contribution in [3.05, 3.63) is 64.4 Å². The van der Waals surface area contributed by atoms with Crippen LogP contribution in [-0.4, -0.2) is 11.0 Å². The molecule has 0 radical (unpaired) electrons. The first-order valence-corrected chi connectivity index (χ1v) is 6.86. The van der Waals surface area contributed by atoms with E-state index in [-0.39, 0.29) is 6.03 Å². The first kappa shape index (κ1) is 14.3. The minimum atomic E-state index is -0.333. The quantitative estimate of drug-likeness (QED) is 0.894. The number of urea groups is 1. The zero-order valence-electron chi connectivity index (χ0n) is 10.9. The zero-order chi connectivity index (χ0) is 14.4. The highest BCUT2D eigenvalue weighted by molar-refractivity contribution is 9.10. The Hall–Kier alpha value is -2.14. The van der Waals surface area contributed by atoms with Crippen molar-refractivity contribution in [2.75, 3.05) is 5.32 Å². The third-order valence-corrected chi connectivity index (χ3v) is 3.12. The van der Waals surface area contributed by atoms with Gasteiger partial charge in [0.05, 0.1) is 0 Å². The van der Waals surface area contributed by atoms with E-state index in [1.165, 1.54) is 0 Å². The van der Waals surface area contributed by atoms with Gasteiger partial charge >= 0.3 is 6.03 Å². The Balaban J connectivity index is 1.91. The van der Waals surface area contributed by atoms with Gasteiger partial charge in [-0.15, -0.1) is 0 Å². The Bertz CT molecular complexity index is 641. The molecule has 0 aliphatic heterocycles. The summed E-state index contributed by atoms with van der Waals surface area (Å²) in [6.07, 6.45) is 5.07. The van der Waals surface area contributed by atoms with Crippen LogP contribution in [0.25, 0.3) is 6.08 Å². The molecule has 0 unspecified atom stereocenters. The highest BCUT2D eigenvalue weighted by Crippen LogP contribution is 2.12. The van der Waals surface area contributed by atoms with Crippen LogP contribution in [0.1, 0.15) is 11.1 Å². The second-order valence-electron chi connectivity index (χ2n) is 4.15. The third-order valence-electron chi connectivity index (χ3n) is 2.63. The van der Waals surface area contributed by atoms with Gasteiger partial charge in [0.1, 0.15) is 5.82 Å². The molecule has 2 N–H and O–H groups in total. The Morgan fingerprint density at radius 2 is 2.10 bits per heavy atom. The normalized spacial score (nSPS) is 10.5. The Morgan fingerprint density at radius 3 is 2.85 bits per heavy atom. The van der Waals surface area contributed by atoms with Crippen molar-refractivity contribution in [3.8, 4) is 0 Å². The summed E-state index contributed by atoms with van der Waals surface area (Å²) in [6.45, 7) is 2.02. The van der Waals surface area contributed by atoms with E-state index < -0.39 is 0 Å². The predicted octanol–water partition coefficient (Wildman–Crippen LogP) is 3.94. The molecule has 0 saturated carbocycles. The molecule has 0 saturated heterocycles. The molecule has 1 aromatic heterocycles. The molecule has 5 heteroatoms. The summed E-state index contributed by atoms with van der Waals surface area (Å²) in [5.41, 5.74) is 2.22. The smallest absolute Gasteiger partial charge is 0.314 e. The molecule has 20 heavy (non-hydrogen) atoms. The van der Waals surface area contributed by atoms with Gasteiger partial charge in [0.15, 0.2) is 0 Å². The van der Waals surface area contributed by atoms with Gasteiger partial charge in [-0.05, 0) is 36.3 Å². The van der Waals surface area contributed by atoms with Crippen LogP contribution in [0.5, 0.6) is 0 Å². The summed E-state index contributed by atoms with van der Waals surface area (Å²) >= 11 is 3.32. The predicted molar refractivity (Wildman–Crippen MR) is 84.3 cm³/mol. The molecule has 0 atom stereocenters. The molecule has 1 heterocycles. The second kappa shape index (κ2) is 6.86. The van der Waals surface area contributed by atoms with E-state index in [1.807, 2.05) is 37.3 Å². The minimum absolute atomic E-state index is 0.333. The SMILES string of the molecule is Cc1ccccc1/C=C/NC(=O)Nc1cc(Br)ccn1. The minimum Gasteiger partial charge on any atom is -0.314 e. The highest BCUT2D eigenvalue weighted by Gasteiger charge is 2.00. The van der Waals surface area contributed by atoms with Gasteiger partial charge in [0.2, 0.25) is 0 Å². The van der Waals surface area contributed by atoms with Crippen LogP contribution >= 0.6 is 15.9 Å². The Kier molecular flexibility index (Phi) is 4.90. The van der Waals surface area contributed by atoms with Crippen molar-refractivity contribution in [3.63, 3.8) is 0 Å². The first-order valence-electron chi connectivity index (χ1n) is 6.06. The summed E-state index contributed by atoms with van der Waals surface area (Å²) in [4.78, 5) is 15.7. The third kappa shape index (κ3) is 4.20. The molecular weight excluding hydrogens is 318 g/mol. The van der Waals surface area contributed by atoms with E-state index in [1.54, 1.807) is 24.5 Å². The van der Waals surface area contributed by atoms with E-state index in [2.05, 4.69) is 31.5 Å². The van der Waals surface area contributed by atoms with Gasteiger partial charge in [-0.25, -0.2) is 9.78 Å². The van der Waals surface area contributed by atoms with Gasteiger partial charge in [-0.1, -0.05) is 40.2 Å². The van der Waals surface area contributed by atoms with E-state index in [0.29, 0.717) is 5.82 Å². The van der Waals surface area contributed by atoms with Gasteiger partial charge in [-0.2, -0.15) is 0 Å². The summed E-state index contributed by atoms with van der Waals surface area (Å²) < 4.78 is 0.859. The van der Waals surface area contributed by atoms with E-state index in [9.17, 15) is 4.79 Å². The monoisotopic (exact) mass is 331 g/mol. The van der Waals surface area contributed by atoms with Crippen molar-refractivity contribution in [1.82, 2.24) is 10.3 Å². The van der Waals surface area contributed by atoms with Crippen LogP contribution in [0.2, 0.25) is 0 Å². The van der Waals surface area contributed by atoms with Crippen LogP contribution in [0.15, 0.2) is 53.3 Å². The maximum atomic E-state index is 11.7. The van der Waals surface area contributed by atoms with Crippen LogP contribution in [0.4, 0.5) is 10.6 Å². The summed E-state index contributed by atoms with van der Waals surface area (Å²) in [7, 11) is 0. The number of benzene rings is 1. The van der Waals surface area contributed by atoms with Crippen molar-refractivity contribution in [2.24, 2.45) is 0 Å². The molecule has 0 bridgehead atoms.